The van der Waals surface area contributed by atoms with Crippen LogP contribution in [0.2, 0.25) is 0 Å². The summed E-state index contributed by atoms with van der Waals surface area (Å²) in [5.74, 6) is 0. The van der Waals surface area contributed by atoms with Crippen LogP contribution in [0.5, 0.6) is 0 Å². The highest BCUT2D eigenvalue weighted by molar-refractivity contribution is 6.17. The van der Waals surface area contributed by atoms with E-state index in [9.17, 15) is 0 Å². The minimum absolute atomic E-state index is 0. The highest BCUT2D eigenvalue weighted by atomic mass is 27.2. The molecule has 0 rings (SSSR count). The van der Waals surface area contributed by atoms with Crippen molar-refractivity contribution in [2.45, 2.75) is 6.92 Å². The van der Waals surface area contributed by atoms with Crippen molar-refractivity contribution in [1.82, 2.24) is 0 Å². The summed E-state index contributed by atoms with van der Waals surface area (Å²) in [6.45, 7) is 1.57. The molecular formula is C4H12AlO3. The summed E-state index contributed by atoms with van der Waals surface area (Å²) in [4.78, 5) is 0. The van der Waals surface area contributed by atoms with Crippen molar-refractivity contribution in [3.05, 3.63) is 0 Å². The molecule has 0 bridgehead atoms. The zero-order valence-corrected chi connectivity index (χ0v) is 6.66. The Balaban J connectivity index is -0.0000000800. The summed E-state index contributed by atoms with van der Waals surface area (Å²) in [6, 6.07) is 0. The van der Waals surface area contributed by atoms with E-state index in [0.29, 0.717) is 0 Å². The Morgan fingerprint density at radius 2 is 1.75 bits per heavy atom. The predicted octanol–water partition coefficient (Wildman–Crippen LogP) is -0.708. The molecule has 4 heteroatoms. The third-order valence-electron chi connectivity index (χ3n) is 0.192. The molecule has 0 heterocycles. The zero-order chi connectivity index (χ0) is 6.83. The van der Waals surface area contributed by atoms with Gasteiger partial charge in [-0.15, -0.1) is 14.2 Å². The van der Waals surface area contributed by atoms with E-state index >= 15 is 0 Å². The molecule has 0 unspecified atom stereocenters. The van der Waals surface area contributed by atoms with Gasteiger partial charge in [0.25, 0.3) is 0 Å². The van der Waals surface area contributed by atoms with Gasteiger partial charge in [0.2, 0.25) is 0 Å². The van der Waals surface area contributed by atoms with Gasteiger partial charge in [0.1, 0.15) is 0 Å². The van der Waals surface area contributed by atoms with Gasteiger partial charge in [-0.25, -0.2) is 0 Å². The maximum atomic E-state index is 8.93. The molecule has 0 aromatic rings. The van der Waals surface area contributed by atoms with Gasteiger partial charge in [-0.05, 0) is 0 Å². The second kappa shape index (κ2) is 15.7. The molecular weight excluding hydrogens is 123 g/mol. The number of rotatable bonds is 2. The molecule has 8 heavy (non-hydrogen) atoms. The zero-order valence-electron chi connectivity index (χ0n) is 6.51. The summed E-state index contributed by atoms with van der Waals surface area (Å²) in [7, 11) is 3.25. The summed E-state index contributed by atoms with van der Waals surface area (Å²) in [5, 5.41) is 8.93. The van der Waals surface area contributed by atoms with E-state index in [1.54, 1.807) is 21.1 Å². The fourth-order valence-electron chi connectivity index (χ4n) is 0.0962. The molecule has 0 aromatic heterocycles. The normalized spacial score (nSPS) is 7.50. The third kappa shape index (κ3) is 32.3. The summed E-state index contributed by atoms with van der Waals surface area (Å²) >= 11 is -0.185. The summed E-state index contributed by atoms with van der Waals surface area (Å²) < 4.78 is 9.10. The lowest BCUT2D eigenvalue weighted by Crippen LogP contribution is -1.97. The van der Waals surface area contributed by atoms with E-state index < -0.39 is 0 Å². The van der Waals surface area contributed by atoms with Crippen molar-refractivity contribution < 1.29 is 14.1 Å². The second-order valence-corrected chi connectivity index (χ2v) is 1.99. The molecule has 0 amide bonds. The summed E-state index contributed by atoms with van der Waals surface area (Å²) in [6.07, 6.45) is 0. The van der Waals surface area contributed by atoms with Crippen molar-refractivity contribution >= 4 is 15.9 Å². The van der Waals surface area contributed by atoms with E-state index in [-0.39, 0.29) is 23.9 Å². The molecule has 0 aromatic carbocycles. The van der Waals surface area contributed by atoms with Crippen LogP contribution in [0.15, 0.2) is 0 Å². The Morgan fingerprint density at radius 1 is 1.50 bits per heavy atom. The molecule has 0 fully saturated rings. The number of hydrogen-bond donors (Lipinski definition) is 0. The molecule has 0 saturated heterocycles. The lowest BCUT2D eigenvalue weighted by atomic mass is 10.9. The van der Waals surface area contributed by atoms with Gasteiger partial charge < -0.3 is 6.53 Å². The van der Waals surface area contributed by atoms with E-state index in [1.165, 1.54) is 0 Å². The van der Waals surface area contributed by atoms with Crippen molar-refractivity contribution in [1.29, 1.82) is 0 Å². The van der Waals surface area contributed by atoms with Gasteiger partial charge in [0.15, 0.2) is 0 Å². The average molecular weight is 135 g/mol. The maximum Gasteiger partial charge on any atom is 1.70 e. The third-order valence-corrected chi connectivity index (χ3v) is 0.577. The van der Waals surface area contributed by atoms with Crippen LogP contribution >= 0.6 is 0 Å². The van der Waals surface area contributed by atoms with Crippen LogP contribution in [0.4, 0.5) is 0 Å². The van der Waals surface area contributed by atoms with Crippen molar-refractivity contribution in [3.63, 3.8) is 0 Å². The monoisotopic (exact) mass is 135 g/mol. The van der Waals surface area contributed by atoms with Gasteiger partial charge in [-0.2, -0.15) is 0 Å². The van der Waals surface area contributed by atoms with Crippen LogP contribution < -0.4 is 5.11 Å². The van der Waals surface area contributed by atoms with Crippen molar-refractivity contribution in [2.24, 2.45) is 0 Å². The van der Waals surface area contributed by atoms with Gasteiger partial charge in [-0.1, -0.05) is 6.92 Å². The molecule has 0 atom stereocenters. The smallest absolute Gasteiger partial charge is 1.00 e. The minimum atomic E-state index is -0.185. The molecule has 3 nitrogen and oxygen atoms in total. The Labute approximate surface area is 58.5 Å². The molecule has 0 N–H and O–H groups in total. The van der Waals surface area contributed by atoms with Gasteiger partial charge in [0, 0.05) is 0 Å². The second-order valence-electron chi connectivity index (χ2n) is 0.856. The topological polar surface area (TPSA) is 41.5 Å². The molecule has 0 spiro atoms. The Hall–Kier alpha value is 0.412. The largest absolute Gasteiger partial charge is 1.70 e. The fourth-order valence-corrected chi connectivity index (χ4v) is 0.289. The highest BCUT2D eigenvalue weighted by Gasteiger charge is 2.57. The van der Waals surface area contributed by atoms with Crippen LogP contribution in [0, 0.1) is 0 Å². The maximum absolute atomic E-state index is 8.93. The van der Waals surface area contributed by atoms with Gasteiger partial charge in [-0.3, -0.25) is 0 Å². The summed E-state index contributed by atoms with van der Waals surface area (Å²) in [5.41, 5.74) is 0. The molecule has 49 valence electrons. The van der Waals surface area contributed by atoms with E-state index in [1.807, 2.05) is 0 Å². The van der Waals surface area contributed by atoms with Crippen LogP contribution in [-0.4, -0.2) is 36.7 Å². The number of hydrogen-bond acceptors (Lipinski definition) is 3. The first-order valence-corrected chi connectivity index (χ1v) is 3.23. The van der Waals surface area contributed by atoms with Crippen LogP contribution in [0.25, 0.3) is 0 Å². The molecule has 0 aliphatic carbocycles. The van der Waals surface area contributed by atoms with Gasteiger partial charge in [0.05, 0.1) is 14.2 Å². The van der Waals surface area contributed by atoms with Crippen molar-refractivity contribution in [2.75, 3.05) is 20.8 Å². The Morgan fingerprint density at radius 3 is 1.75 bits per heavy atom. The molecule has 0 aliphatic rings. The lowest BCUT2D eigenvalue weighted by molar-refractivity contribution is -0.361. The fraction of sp³-hybridized carbons (Fsp3) is 1.00. The van der Waals surface area contributed by atoms with E-state index in [2.05, 4.69) is 7.58 Å². The first kappa shape index (κ1) is 11.2. The standard InChI is InChI=1S/C2H5O.2CH3O.Al.H/c1-2-3;2*1-2;;/h2H2,1H3;2*1H3;;/q3*-1;+4;-1. The first-order chi connectivity index (χ1) is 3.83. The molecule has 5 radical (unpaired) electrons. The average Bonchev–Trinajstić information content (AvgIpc) is 1.71. The quantitative estimate of drug-likeness (QED) is 0.470. The Kier molecular flexibility index (Phi) is 22.0. The first-order valence-electron chi connectivity index (χ1n) is 2.28. The van der Waals surface area contributed by atoms with Crippen LogP contribution in [-0.2, 0) is 7.58 Å². The van der Waals surface area contributed by atoms with Crippen LogP contribution in [0.1, 0.15) is 8.35 Å². The SMILES string of the molecule is CC[O-].C[O][Al+2][O]C.[H-]. The van der Waals surface area contributed by atoms with Gasteiger partial charge >= 0.3 is 15.9 Å². The van der Waals surface area contributed by atoms with E-state index in [0.717, 1.165) is 0 Å². The van der Waals surface area contributed by atoms with Crippen molar-refractivity contribution in [3.8, 4) is 0 Å². The van der Waals surface area contributed by atoms with Crippen LogP contribution in [0.3, 0.4) is 0 Å². The lowest BCUT2D eigenvalue weighted by Gasteiger charge is -1.79. The Bertz CT molecular complexity index is 29.8. The molecule has 0 aliphatic heterocycles. The molecule has 0 saturated carbocycles. The minimum Gasteiger partial charge on any atom is -1.00 e. The predicted molar refractivity (Wildman–Crippen MR) is 31.4 cm³/mol. The highest BCUT2D eigenvalue weighted by Crippen LogP contribution is 1.55. The van der Waals surface area contributed by atoms with E-state index in [4.69, 9.17) is 5.11 Å².